The maximum absolute atomic E-state index is 13.1. The van der Waals surface area contributed by atoms with Gasteiger partial charge in [0, 0.05) is 37.3 Å². The number of hydrogen-bond donors (Lipinski definition) is 2. The lowest BCUT2D eigenvalue weighted by Crippen LogP contribution is -2.47. The van der Waals surface area contributed by atoms with Crippen molar-refractivity contribution in [2.75, 3.05) is 13.1 Å². The number of aromatic nitrogens is 3. The van der Waals surface area contributed by atoms with Gasteiger partial charge in [0.15, 0.2) is 5.56 Å². The number of aromatic hydroxyl groups is 1. The van der Waals surface area contributed by atoms with Crippen molar-refractivity contribution < 1.29 is 19.4 Å². The molecule has 1 aliphatic heterocycles. The summed E-state index contributed by atoms with van der Waals surface area (Å²) in [6, 6.07) is 0.0401. The van der Waals surface area contributed by atoms with Gasteiger partial charge in [0.1, 0.15) is 5.65 Å². The van der Waals surface area contributed by atoms with Crippen molar-refractivity contribution in [3.8, 4) is 5.88 Å². The molecule has 2 aromatic heterocycles. The number of morpholine rings is 1. The van der Waals surface area contributed by atoms with Crippen molar-refractivity contribution in [3.63, 3.8) is 0 Å². The van der Waals surface area contributed by atoms with Gasteiger partial charge in [0.2, 0.25) is 11.8 Å². The Kier molecular flexibility index (Phi) is 6.29. The number of rotatable bonds is 6. The van der Waals surface area contributed by atoms with Gasteiger partial charge in [-0.3, -0.25) is 19.0 Å². The maximum atomic E-state index is 13.1. The van der Waals surface area contributed by atoms with E-state index in [1.54, 1.807) is 11.0 Å². The fourth-order valence-corrected chi connectivity index (χ4v) is 4.17. The molecule has 33 heavy (non-hydrogen) atoms. The summed E-state index contributed by atoms with van der Waals surface area (Å²) in [6.07, 6.45) is 6.13. The van der Waals surface area contributed by atoms with E-state index < -0.39 is 17.3 Å². The van der Waals surface area contributed by atoms with Gasteiger partial charge in [-0.25, -0.2) is 0 Å². The van der Waals surface area contributed by atoms with Crippen LogP contribution in [-0.2, 0) is 16.1 Å². The largest absolute Gasteiger partial charge is 0.494 e. The predicted molar refractivity (Wildman–Crippen MR) is 122 cm³/mol. The Morgan fingerprint density at radius 3 is 2.55 bits per heavy atom. The van der Waals surface area contributed by atoms with Crippen molar-refractivity contribution in [2.24, 2.45) is 5.92 Å². The van der Waals surface area contributed by atoms with Crippen LogP contribution in [0.25, 0.3) is 11.7 Å². The molecular weight excluding hydrogens is 426 g/mol. The first-order chi connectivity index (χ1) is 15.7. The number of ether oxygens (including phenoxy) is 1. The summed E-state index contributed by atoms with van der Waals surface area (Å²) in [5, 5.41) is 17.9. The van der Waals surface area contributed by atoms with Crippen molar-refractivity contribution >= 4 is 23.5 Å². The maximum Gasteiger partial charge on any atom is 0.291 e. The van der Waals surface area contributed by atoms with Crippen LogP contribution in [0.4, 0.5) is 0 Å². The standard InChI is InChI=1S/C23H31N5O5/c1-13(2)10-27-21-16(5-8-18(29)26-11-14(3)33-15(4)12-26)9-24-28(21)23(32)19(22(27)31)20(30)25-17-6-7-17/h5,8-9,13-15,17,31H,6-7,10-12H2,1-4H3,(H,25,30)/b8-5+/t14-,15-/m1/s1. The molecule has 1 aliphatic carbocycles. The van der Waals surface area contributed by atoms with E-state index in [1.807, 2.05) is 27.7 Å². The smallest absolute Gasteiger partial charge is 0.291 e. The number of fused-ring (bicyclic) bond motifs is 1. The molecular formula is C23H31N5O5. The van der Waals surface area contributed by atoms with E-state index >= 15 is 0 Å². The van der Waals surface area contributed by atoms with Gasteiger partial charge in [-0.05, 0) is 38.7 Å². The predicted octanol–water partition coefficient (Wildman–Crippen LogP) is 1.40. The van der Waals surface area contributed by atoms with Crippen LogP contribution in [0.1, 0.15) is 56.5 Å². The summed E-state index contributed by atoms with van der Waals surface area (Å²) in [5.41, 5.74) is -0.176. The molecule has 10 heteroatoms. The van der Waals surface area contributed by atoms with Crippen molar-refractivity contribution in [3.05, 3.63) is 33.8 Å². The molecule has 2 amide bonds. The monoisotopic (exact) mass is 457 g/mol. The summed E-state index contributed by atoms with van der Waals surface area (Å²) in [6.45, 7) is 9.15. The number of nitrogens with one attached hydrogen (secondary N) is 1. The molecule has 1 saturated carbocycles. The van der Waals surface area contributed by atoms with Gasteiger partial charge < -0.3 is 20.1 Å². The Hall–Kier alpha value is -3.14. The molecule has 0 bridgehead atoms. The highest BCUT2D eigenvalue weighted by atomic mass is 16.5. The summed E-state index contributed by atoms with van der Waals surface area (Å²) >= 11 is 0. The van der Waals surface area contributed by atoms with Gasteiger partial charge >= 0.3 is 0 Å². The van der Waals surface area contributed by atoms with Crippen LogP contribution in [0, 0.1) is 5.92 Å². The fourth-order valence-electron chi connectivity index (χ4n) is 4.17. The van der Waals surface area contributed by atoms with E-state index in [1.165, 1.54) is 16.8 Å². The van der Waals surface area contributed by atoms with Gasteiger partial charge in [0.25, 0.3) is 11.5 Å². The number of carbonyl (C=O) groups excluding carboxylic acids is 2. The zero-order valence-corrected chi connectivity index (χ0v) is 19.4. The van der Waals surface area contributed by atoms with Crippen LogP contribution in [-0.4, -0.2) is 67.3 Å². The fraction of sp³-hybridized carbons (Fsp3) is 0.565. The molecule has 3 heterocycles. The molecule has 2 fully saturated rings. The van der Waals surface area contributed by atoms with Crippen molar-refractivity contribution in [2.45, 2.75) is 65.3 Å². The zero-order chi connectivity index (χ0) is 23.9. The van der Waals surface area contributed by atoms with E-state index in [9.17, 15) is 19.5 Å². The first kappa shape index (κ1) is 23.0. The zero-order valence-electron chi connectivity index (χ0n) is 19.4. The van der Waals surface area contributed by atoms with Gasteiger partial charge in [-0.2, -0.15) is 9.61 Å². The van der Waals surface area contributed by atoms with E-state index in [0.717, 1.165) is 17.4 Å². The van der Waals surface area contributed by atoms with Crippen LogP contribution in [0.2, 0.25) is 0 Å². The number of hydrogen-bond acceptors (Lipinski definition) is 6. The first-order valence-corrected chi connectivity index (χ1v) is 11.4. The highest BCUT2D eigenvalue weighted by Crippen LogP contribution is 2.24. The van der Waals surface area contributed by atoms with Gasteiger partial charge in [-0.15, -0.1) is 0 Å². The Bertz CT molecular complexity index is 1150. The molecule has 10 nitrogen and oxygen atoms in total. The van der Waals surface area contributed by atoms with Crippen molar-refractivity contribution in [1.29, 1.82) is 0 Å². The van der Waals surface area contributed by atoms with Crippen LogP contribution in [0.3, 0.4) is 0 Å². The third-order valence-corrected chi connectivity index (χ3v) is 5.74. The van der Waals surface area contributed by atoms with E-state index in [-0.39, 0.29) is 35.6 Å². The summed E-state index contributed by atoms with van der Waals surface area (Å²) in [5.74, 6) is -1.04. The Labute approximate surface area is 191 Å². The molecule has 0 radical (unpaired) electrons. The molecule has 2 aromatic rings. The molecule has 2 atom stereocenters. The summed E-state index contributed by atoms with van der Waals surface area (Å²) in [7, 11) is 0. The summed E-state index contributed by atoms with van der Waals surface area (Å²) < 4.78 is 8.32. The quantitative estimate of drug-likeness (QED) is 0.633. The molecule has 178 valence electrons. The molecule has 2 N–H and O–H groups in total. The second-order valence-electron chi connectivity index (χ2n) is 9.43. The van der Waals surface area contributed by atoms with Crippen LogP contribution in [0.15, 0.2) is 17.1 Å². The minimum Gasteiger partial charge on any atom is -0.494 e. The summed E-state index contributed by atoms with van der Waals surface area (Å²) in [4.78, 5) is 40.2. The van der Waals surface area contributed by atoms with Gasteiger partial charge in [-0.1, -0.05) is 13.8 Å². The Morgan fingerprint density at radius 1 is 1.27 bits per heavy atom. The highest BCUT2D eigenvalue weighted by molar-refractivity contribution is 5.97. The highest BCUT2D eigenvalue weighted by Gasteiger charge is 2.30. The lowest BCUT2D eigenvalue weighted by Gasteiger charge is -2.34. The minimum absolute atomic E-state index is 0.0401. The number of nitrogens with zero attached hydrogens (tertiary/aromatic N) is 4. The van der Waals surface area contributed by atoms with Crippen LogP contribution >= 0.6 is 0 Å². The van der Waals surface area contributed by atoms with Crippen LogP contribution < -0.4 is 10.9 Å². The number of amides is 2. The second-order valence-corrected chi connectivity index (χ2v) is 9.43. The average Bonchev–Trinajstić information content (AvgIpc) is 3.44. The first-order valence-electron chi connectivity index (χ1n) is 11.4. The molecule has 0 aromatic carbocycles. The third-order valence-electron chi connectivity index (χ3n) is 5.74. The van der Waals surface area contributed by atoms with E-state index in [4.69, 9.17) is 4.74 Å². The molecule has 2 aliphatic rings. The van der Waals surface area contributed by atoms with Crippen molar-refractivity contribution in [1.82, 2.24) is 24.4 Å². The molecule has 0 unspecified atom stereocenters. The molecule has 0 spiro atoms. The molecule has 1 saturated heterocycles. The van der Waals surface area contributed by atoms with Crippen LogP contribution in [0.5, 0.6) is 5.88 Å². The lowest BCUT2D eigenvalue weighted by molar-refractivity contribution is -0.137. The van der Waals surface area contributed by atoms with E-state index in [2.05, 4.69) is 10.4 Å². The van der Waals surface area contributed by atoms with Gasteiger partial charge in [0.05, 0.1) is 18.4 Å². The molecule has 4 rings (SSSR count). The average molecular weight is 458 g/mol. The second kappa shape index (κ2) is 9.01. The Balaban J connectivity index is 1.72. The Morgan fingerprint density at radius 2 is 1.94 bits per heavy atom. The SMILES string of the molecule is CC(C)Cn1c(O)c(C(=O)NC2CC2)c(=O)n2ncc(/C=C/C(=O)N3C[C@@H](C)O[C@H](C)C3)c12. The van der Waals surface area contributed by atoms with E-state index in [0.29, 0.717) is 30.8 Å². The third kappa shape index (κ3) is 4.80. The normalized spacial score (nSPS) is 21.3. The topological polar surface area (TPSA) is 118 Å². The lowest BCUT2D eigenvalue weighted by atomic mass is 10.2. The number of carbonyl (C=O) groups is 2. The minimum atomic E-state index is -0.692.